The number of thiazole rings is 1. The first-order valence-electron chi connectivity index (χ1n) is 8.09. The number of hydrogen-bond acceptors (Lipinski definition) is 6. The van der Waals surface area contributed by atoms with Crippen molar-refractivity contribution in [2.24, 2.45) is 5.73 Å². The minimum absolute atomic E-state index is 0.0312. The van der Waals surface area contributed by atoms with Crippen LogP contribution in [-0.4, -0.2) is 28.0 Å². The highest BCUT2D eigenvalue weighted by molar-refractivity contribution is 7.12. The fourth-order valence-electron chi connectivity index (χ4n) is 2.96. The van der Waals surface area contributed by atoms with E-state index >= 15 is 0 Å². The molecular formula is C16H18F3N5OS. The second-order valence-electron chi connectivity index (χ2n) is 6.05. The quantitative estimate of drug-likeness (QED) is 0.754. The van der Waals surface area contributed by atoms with Crippen LogP contribution in [0.4, 0.5) is 13.2 Å². The number of hydrogen-bond donors (Lipinski definition) is 3. The zero-order valence-electron chi connectivity index (χ0n) is 14.0. The van der Waals surface area contributed by atoms with Crippen LogP contribution in [0, 0.1) is 6.92 Å². The molecule has 2 aromatic rings. The van der Waals surface area contributed by atoms with Crippen LogP contribution in [0.1, 0.15) is 45.9 Å². The van der Waals surface area contributed by atoms with E-state index in [9.17, 15) is 18.0 Å². The lowest BCUT2D eigenvalue weighted by atomic mass is 9.94. The van der Waals surface area contributed by atoms with Crippen LogP contribution in [0.2, 0.25) is 0 Å². The number of alkyl halides is 3. The SMILES string of the molecule is Cc1sc(C(=CN)c2nc(C3CCNCC3)cc(=O)[nH]2)nc1C(F)(F)F. The number of H-pyrrole nitrogens is 1. The molecule has 1 aliphatic heterocycles. The maximum Gasteiger partial charge on any atom is 0.434 e. The van der Waals surface area contributed by atoms with Gasteiger partial charge in [-0.1, -0.05) is 0 Å². The molecule has 0 spiro atoms. The van der Waals surface area contributed by atoms with Crippen LogP contribution in [0.15, 0.2) is 17.1 Å². The summed E-state index contributed by atoms with van der Waals surface area (Å²) >= 11 is 0.865. The smallest absolute Gasteiger partial charge is 0.404 e. The molecule has 6 nitrogen and oxygen atoms in total. The third-order valence-corrected chi connectivity index (χ3v) is 5.24. The first-order valence-corrected chi connectivity index (χ1v) is 8.90. The number of piperidine rings is 1. The monoisotopic (exact) mass is 385 g/mol. The second-order valence-corrected chi connectivity index (χ2v) is 7.25. The Balaban J connectivity index is 2.01. The van der Waals surface area contributed by atoms with Gasteiger partial charge in [-0.2, -0.15) is 13.2 Å². The maximum atomic E-state index is 13.0. The number of aromatic nitrogens is 3. The van der Waals surface area contributed by atoms with Crippen LogP contribution >= 0.6 is 11.3 Å². The van der Waals surface area contributed by atoms with E-state index in [1.807, 2.05) is 0 Å². The van der Waals surface area contributed by atoms with Crippen molar-refractivity contribution in [1.29, 1.82) is 0 Å². The molecule has 0 radical (unpaired) electrons. The predicted molar refractivity (Wildman–Crippen MR) is 92.8 cm³/mol. The summed E-state index contributed by atoms with van der Waals surface area (Å²) in [7, 11) is 0. The summed E-state index contributed by atoms with van der Waals surface area (Å²) in [4.78, 5) is 22.8. The molecule has 0 aromatic carbocycles. The summed E-state index contributed by atoms with van der Waals surface area (Å²) in [6.07, 6.45) is -1.74. The molecule has 0 amide bonds. The van der Waals surface area contributed by atoms with Crippen molar-refractivity contribution >= 4 is 16.9 Å². The van der Waals surface area contributed by atoms with Crippen molar-refractivity contribution in [3.63, 3.8) is 0 Å². The van der Waals surface area contributed by atoms with Crippen molar-refractivity contribution in [3.8, 4) is 0 Å². The molecule has 2 aromatic heterocycles. The summed E-state index contributed by atoms with van der Waals surface area (Å²) < 4.78 is 39.1. The van der Waals surface area contributed by atoms with Crippen molar-refractivity contribution < 1.29 is 13.2 Å². The van der Waals surface area contributed by atoms with Gasteiger partial charge in [0, 0.05) is 23.1 Å². The number of halogens is 3. The zero-order valence-corrected chi connectivity index (χ0v) is 14.8. The average Bonchev–Trinajstić information content (AvgIpc) is 2.98. The summed E-state index contributed by atoms with van der Waals surface area (Å²) in [6.45, 7) is 3.00. The van der Waals surface area contributed by atoms with Gasteiger partial charge in [0.25, 0.3) is 5.56 Å². The molecule has 1 saturated heterocycles. The molecule has 0 unspecified atom stereocenters. The molecule has 0 atom stereocenters. The molecule has 3 rings (SSSR count). The molecule has 0 bridgehead atoms. The van der Waals surface area contributed by atoms with Gasteiger partial charge in [0.05, 0.1) is 11.3 Å². The van der Waals surface area contributed by atoms with E-state index in [4.69, 9.17) is 5.73 Å². The molecule has 140 valence electrons. The van der Waals surface area contributed by atoms with Gasteiger partial charge in [0.15, 0.2) is 5.69 Å². The summed E-state index contributed by atoms with van der Waals surface area (Å²) in [5.74, 6) is 0.260. The van der Waals surface area contributed by atoms with Gasteiger partial charge < -0.3 is 16.0 Å². The Hall–Kier alpha value is -2.20. The Morgan fingerprint density at radius 2 is 2.04 bits per heavy atom. The van der Waals surface area contributed by atoms with E-state index in [-0.39, 0.29) is 32.8 Å². The molecular weight excluding hydrogens is 367 g/mol. The fourth-order valence-corrected chi connectivity index (χ4v) is 3.92. The van der Waals surface area contributed by atoms with Crippen molar-refractivity contribution in [2.45, 2.75) is 31.9 Å². The lowest BCUT2D eigenvalue weighted by molar-refractivity contribution is -0.141. The van der Waals surface area contributed by atoms with E-state index in [2.05, 4.69) is 20.3 Å². The number of nitrogens with two attached hydrogens (primary N) is 1. The Kier molecular flexibility index (Phi) is 5.15. The lowest BCUT2D eigenvalue weighted by Gasteiger charge is -2.22. The summed E-state index contributed by atoms with van der Waals surface area (Å²) in [6, 6.07) is 1.43. The van der Waals surface area contributed by atoms with Crippen LogP contribution in [-0.2, 0) is 6.18 Å². The molecule has 0 aliphatic carbocycles. The topological polar surface area (TPSA) is 96.7 Å². The van der Waals surface area contributed by atoms with Gasteiger partial charge in [0.2, 0.25) is 0 Å². The van der Waals surface area contributed by atoms with Gasteiger partial charge in [0.1, 0.15) is 10.8 Å². The predicted octanol–water partition coefficient (Wildman–Crippen LogP) is 2.37. The third kappa shape index (κ3) is 3.80. The number of nitrogens with zero attached hydrogens (tertiary/aromatic N) is 2. The highest BCUT2D eigenvalue weighted by Gasteiger charge is 2.36. The molecule has 10 heteroatoms. The van der Waals surface area contributed by atoms with Crippen molar-refractivity contribution in [2.75, 3.05) is 13.1 Å². The van der Waals surface area contributed by atoms with E-state index in [0.717, 1.165) is 43.5 Å². The standard InChI is InChI=1S/C16H18F3N5OS/c1-8-13(16(17,18)19)24-15(26-8)10(7-20)14-22-11(6-12(25)23-14)9-2-4-21-5-3-9/h6-7,9,21H,2-5,20H2,1H3,(H,22,23,25). The Morgan fingerprint density at radius 1 is 1.35 bits per heavy atom. The van der Waals surface area contributed by atoms with Gasteiger partial charge in [-0.25, -0.2) is 9.97 Å². The number of rotatable bonds is 3. The lowest BCUT2D eigenvalue weighted by Crippen LogP contribution is -2.28. The van der Waals surface area contributed by atoms with Gasteiger partial charge >= 0.3 is 6.18 Å². The molecule has 4 N–H and O–H groups in total. The van der Waals surface area contributed by atoms with Crippen LogP contribution in [0.3, 0.4) is 0 Å². The zero-order chi connectivity index (χ0) is 18.9. The first kappa shape index (κ1) is 18.6. The molecule has 1 aliphatic rings. The van der Waals surface area contributed by atoms with Gasteiger partial charge in [-0.05, 0) is 32.9 Å². The third-order valence-electron chi connectivity index (χ3n) is 4.24. The Bertz CT molecular complexity index is 881. The highest BCUT2D eigenvalue weighted by atomic mass is 32.1. The van der Waals surface area contributed by atoms with E-state index < -0.39 is 11.9 Å². The second kappa shape index (κ2) is 7.20. The molecule has 3 heterocycles. The molecule has 26 heavy (non-hydrogen) atoms. The van der Waals surface area contributed by atoms with Crippen molar-refractivity contribution in [1.82, 2.24) is 20.3 Å². The van der Waals surface area contributed by atoms with Crippen molar-refractivity contribution in [3.05, 3.63) is 49.7 Å². The highest BCUT2D eigenvalue weighted by Crippen LogP contribution is 2.36. The van der Waals surface area contributed by atoms with Gasteiger partial charge in [-0.3, -0.25) is 4.79 Å². The van der Waals surface area contributed by atoms with E-state index in [1.165, 1.54) is 13.0 Å². The largest absolute Gasteiger partial charge is 0.434 e. The Labute approximate surface area is 151 Å². The normalized spacial score (nSPS) is 16.8. The summed E-state index contributed by atoms with van der Waals surface area (Å²) in [5.41, 5.74) is 5.12. The minimum atomic E-state index is -4.55. The van der Waals surface area contributed by atoms with Crippen LogP contribution in [0.25, 0.3) is 5.57 Å². The summed E-state index contributed by atoms with van der Waals surface area (Å²) in [5, 5.41) is 3.31. The van der Waals surface area contributed by atoms with Gasteiger partial charge in [-0.15, -0.1) is 11.3 Å². The van der Waals surface area contributed by atoms with Crippen LogP contribution < -0.4 is 16.6 Å². The number of aromatic amines is 1. The average molecular weight is 385 g/mol. The Morgan fingerprint density at radius 3 is 2.62 bits per heavy atom. The van der Waals surface area contributed by atoms with E-state index in [1.54, 1.807) is 0 Å². The van der Waals surface area contributed by atoms with E-state index in [0.29, 0.717) is 5.69 Å². The fraction of sp³-hybridized carbons (Fsp3) is 0.438. The first-order chi connectivity index (χ1) is 12.3. The maximum absolute atomic E-state index is 13.0. The molecule has 0 saturated carbocycles. The molecule has 1 fully saturated rings. The number of nitrogens with one attached hydrogen (secondary N) is 2. The minimum Gasteiger partial charge on any atom is -0.404 e. The number of aryl methyl sites for hydroxylation is 1. The van der Waals surface area contributed by atoms with Crippen LogP contribution in [0.5, 0.6) is 0 Å².